The molecule has 0 aromatic heterocycles. The van der Waals surface area contributed by atoms with E-state index < -0.39 is 10.0 Å². The van der Waals surface area contributed by atoms with Crippen LogP contribution in [0.1, 0.15) is 24.5 Å². The number of sulfonamides is 1. The second kappa shape index (κ2) is 10.1. The van der Waals surface area contributed by atoms with Gasteiger partial charge in [-0.05, 0) is 43.5 Å². The summed E-state index contributed by atoms with van der Waals surface area (Å²) in [4.78, 5) is 4.22. The highest BCUT2D eigenvalue weighted by Crippen LogP contribution is 2.13. The van der Waals surface area contributed by atoms with E-state index >= 15 is 0 Å². The Hall–Kier alpha value is -0.870. The van der Waals surface area contributed by atoms with Gasteiger partial charge in [-0.15, -0.1) is 24.0 Å². The highest BCUT2D eigenvalue weighted by molar-refractivity contribution is 14.0. The SMILES string of the molecule is CCN(CCCN=C(N)Nc1ccc(C)c(C)c1)S(C)(=O)=O.I. The molecule has 0 amide bonds. The summed E-state index contributed by atoms with van der Waals surface area (Å²) in [5.74, 6) is 0.339. The maximum absolute atomic E-state index is 11.4. The predicted molar refractivity (Wildman–Crippen MR) is 108 cm³/mol. The van der Waals surface area contributed by atoms with Gasteiger partial charge in [0.2, 0.25) is 10.0 Å². The Morgan fingerprint density at radius 1 is 1.30 bits per heavy atom. The first-order valence-corrected chi connectivity index (χ1v) is 9.18. The number of anilines is 1. The summed E-state index contributed by atoms with van der Waals surface area (Å²) in [6, 6.07) is 5.99. The minimum Gasteiger partial charge on any atom is -0.370 e. The Kier molecular flexibility index (Phi) is 9.71. The van der Waals surface area contributed by atoms with Crippen molar-refractivity contribution in [3.8, 4) is 0 Å². The lowest BCUT2D eigenvalue weighted by Gasteiger charge is -2.16. The first-order chi connectivity index (χ1) is 10.2. The molecule has 1 aromatic carbocycles. The fraction of sp³-hybridized carbons (Fsp3) is 0.533. The molecule has 0 heterocycles. The van der Waals surface area contributed by atoms with Gasteiger partial charge < -0.3 is 11.1 Å². The highest BCUT2D eigenvalue weighted by atomic mass is 127. The maximum atomic E-state index is 11.4. The monoisotopic (exact) mass is 454 g/mol. The largest absolute Gasteiger partial charge is 0.370 e. The Balaban J connectivity index is 0.00000484. The average Bonchev–Trinajstić information content (AvgIpc) is 2.41. The van der Waals surface area contributed by atoms with Crippen molar-refractivity contribution in [1.82, 2.24) is 4.31 Å². The number of halogens is 1. The van der Waals surface area contributed by atoms with Crippen LogP contribution in [0.3, 0.4) is 0 Å². The molecule has 8 heteroatoms. The molecule has 0 aliphatic carbocycles. The molecule has 1 aromatic rings. The standard InChI is InChI=1S/C15H26N4O2S.HI/c1-5-19(22(4,20)21)10-6-9-17-15(16)18-14-8-7-12(2)13(3)11-14;/h7-8,11H,5-6,9-10H2,1-4H3,(H3,16,17,18);1H. The molecule has 6 nitrogen and oxygen atoms in total. The van der Waals surface area contributed by atoms with Crippen LogP contribution < -0.4 is 11.1 Å². The number of benzene rings is 1. The van der Waals surface area contributed by atoms with Gasteiger partial charge in [-0.25, -0.2) is 12.7 Å². The van der Waals surface area contributed by atoms with Crippen molar-refractivity contribution >= 4 is 45.6 Å². The zero-order valence-corrected chi connectivity index (χ0v) is 17.3. The van der Waals surface area contributed by atoms with Crippen LogP contribution in [-0.4, -0.2) is 44.6 Å². The number of nitrogens with one attached hydrogen (secondary N) is 1. The van der Waals surface area contributed by atoms with Crippen LogP contribution in [0.25, 0.3) is 0 Å². The summed E-state index contributed by atoms with van der Waals surface area (Å²) in [6.07, 6.45) is 1.85. The van der Waals surface area contributed by atoms with Gasteiger partial charge in [0.25, 0.3) is 0 Å². The van der Waals surface area contributed by atoms with E-state index in [0.717, 1.165) is 5.69 Å². The molecular weight excluding hydrogens is 427 g/mol. The Morgan fingerprint density at radius 2 is 1.96 bits per heavy atom. The molecule has 23 heavy (non-hydrogen) atoms. The van der Waals surface area contributed by atoms with Crippen molar-refractivity contribution in [3.63, 3.8) is 0 Å². The molecule has 0 fully saturated rings. The van der Waals surface area contributed by atoms with E-state index in [9.17, 15) is 8.42 Å². The van der Waals surface area contributed by atoms with Crippen LogP contribution in [-0.2, 0) is 10.0 Å². The van der Waals surface area contributed by atoms with Gasteiger partial charge in [-0.2, -0.15) is 0 Å². The lowest BCUT2D eigenvalue weighted by Crippen LogP contribution is -2.31. The van der Waals surface area contributed by atoms with Crippen LogP contribution in [0, 0.1) is 13.8 Å². The van der Waals surface area contributed by atoms with Gasteiger partial charge in [0, 0.05) is 25.3 Å². The van der Waals surface area contributed by atoms with E-state index in [1.54, 1.807) is 0 Å². The van der Waals surface area contributed by atoms with E-state index in [-0.39, 0.29) is 24.0 Å². The van der Waals surface area contributed by atoms with Gasteiger partial charge in [-0.3, -0.25) is 4.99 Å². The highest BCUT2D eigenvalue weighted by Gasteiger charge is 2.12. The van der Waals surface area contributed by atoms with Gasteiger partial charge in [-0.1, -0.05) is 13.0 Å². The zero-order chi connectivity index (χ0) is 16.8. The molecule has 3 N–H and O–H groups in total. The normalized spacial score (nSPS) is 12.1. The molecule has 0 bridgehead atoms. The molecule has 0 aliphatic heterocycles. The molecule has 0 atom stereocenters. The van der Waals surface area contributed by atoms with E-state index in [4.69, 9.17) is 5.73 Å². The molecule has 0 radical (unpaired) electrons. The van der Waals surface area contributed by atoms with Crippen LogP contribution in [0.15, 0.2) is 23.2 Å². The van der Waals surface area contributed by atoms with E-state index in [2.05, 4.69) is 17.2 Å². The van der Waals surface area contributed by atoms with Crippen molar-refractivity contribution in [2.24, 2.45) is 10.7 Å². The summed E-state index contributed by atoms with van der Waals surface area (Å²) in [6.45, 7) is 7.32. The minimum absolute atomic E-state index is 0. The quantitative estimate of drug-likeness (QED) is 0.287. The predicted octanol–water partition coefficient (Wildman–Crippen LogP) is 2.32. The van der Waals surface area contributed by atoms with Crippen molar-refractivity contribution in [2.75, 3.05) is 31.2 Å². The summed E-state index contributed by atoms with van der Waals surface area (Å²) in [5.41, 5.74) is 9.14. The molecule has 132 valence electrons. The van der Waals surface area contributed by atoms with Gasteiger partial charge >= 0.3 is 0 Å². The van der Waals surface area contributed by atoms with Gasteiger partial charge in [0.05, 0.1) is 6.26 Å². The third kappa shape index (κ3) is 7.98. The molecule has 0 aliphatic rings. The number of hydrogen-bond acceptors (Lipinski definition) is 3. The summed E-state index contributed by atoms with van der Waals surface area (Å²) < 4.78 is 24.3. The second-order valence-corrected chi connectivity index (χ2v) is 7.28. The number of hydrogen-bond donors (Lipinski definition) is 2. The third-order valence-electron chi connectivity index (χ3n) is 3.45. The Bertz CT molecular complexity index is 632. The Morgan fingerprint density at radius 3 is 2.48 bits per heavy atom. The zero-order valence-electron chi connectivity index (χ0n) is 14.2. The van der Waals surface area contributed by atoms with Crippen LogP contribution in [0.4, 0.5) is 5.69 Å². The van der Waals surface area contributed by atoms with E-state index in [0.29, 0.717) is 32.0 Å². The summed E-state index contributed by atoms with van der Waals surface area (Å²) in [5, 5.41) is 3.04. The maximum Gasteiger partial charge on any atom is 0.211 e. The van der Waals surface area contributed by atoms with Crippen molar-refractivity contribution in [1.29, 1.82) is 0 Å². The third-order valence-corrected chi connectivity index (χ3v) is 4.83. The number of rotatable bonds is 7. The fourth-order valence-electron chi connectivity index (χ4n) is 2.01. The molecule has 0 saturated heterocycles. The van der Waals surface area contributed by atoms with Crippen molar-refractivity contribution in [3.05, 3.63) is 29.3 Å². The van der Waals surface area contributed by atoms with Crippen LogP contribution >= 0.6 is 24.0 Å². The number of nitrogens with two attached hydrogens (primary N) is 1. The minimum atomic E-state index is -3.14. The molecule has 0 spiro atoms. The summed E-state index contributed by atoms with van der Waals surface area (Å²) in [7, 11) is -3.14. The number of nitrogens with zero attached hydrogens (tertiary/aromatic N) is 2. The molecule has 0 saturated carbocycles. The van der Waals surface area contributed by atoms with Crippen molar-refractivity contribution in [2.45, 2.75) is 27.2 Å². The van der Waals surface area contributed by atoms with E-state index in [1.165, 1.54) is 21.7 Å². The second-order valence-electron chi connectivity index (χ2n) is 5.30. The van der Waals surface area contributed by atoms with Gasteiger partial charge in [0.15, 0.2) is 5.96 Å². The molecule has 0 unspecified atom stereocenters. The average molecular weight is 454 g/mol. The lowest BCUT2D eigenvalue weighted by atomic mass is 10.1. The van der Waals surface area contributed by atoms with Gasteiger partial charge in [0.1, 0.15) is 0 Å². The molecular formula is C15H27IN4O2S. The van der Waals surface area contributed by atoms with Crippen LogP contribution in [0.2, 0.25) is 0 Å². The number of guanidine groups is 1. The van der Waals surface area contributed by atoms with E-state index in [1.807, 2.05) is 32.0 Å². The molecule has 1 rings (SSSR count). The lowest BCUT2D eigenvalue weighted by molar-refractivity contribution is 0.427. The number of aliphatic imine (C=N–C) groups is 1. The Labute approximate surface area is 156 Å². The topological polar surface area (TPSA) is 87.8 Å². The first kappa shape index (κ1) is 22.1. The first-order valence-electron chi connectivity index (χ1n) is 7.33. The fourth-order valence-corrected chi connectivity index (χ4v) is 2.94. The van der Waals surface area contributed by atoms with Crippen LogP contribution in [0.5, 0.6) is 0 Å². The number of aryl methyl sites for hydroxylation is 2. The van der Waals surface area contributed by atoms with Crippen molar-refractivity contribution < 1.29 is 8.42 Å². The summed E-state index contributed by atoms with van der Waals surface area (Å²) >= 11 is 0. The smallest absolute Gasteiger partial charge is 0.211 e.